The van der Waals surface area contributed by atoms with E-state index in [9.17, 15) is 9.59 Å². The van der Waals surface area contributed by atoms with Crippen LogP contribution in [0.15, 0.2) is 48.5 Å². The molecule has 0 heterocycles. The first-order valence-corrected chi connectivity index (χ1v) is 8.03. The molecule has 0 aliphatic rings. The third-order valence-electron chi connectivity index (χ3n) is 3.79. The Hall–Kier alpha value is -2.82. The van der Waals surface area contributed by atoms with Gasteiger partial charge < -0.3 is 16.0 Å². The van der Waals surface area contributed by atoms with Crippen molar-refractivity contribution in [1.29, 1.82) is 0 Å². The summed E-state index contributed by atoms with van der Waals surface area (Å²) in [5.74, 6) is -0.0389. The van der Waals surface area contributed by atoms with Gasteiger partial charge in [0, 0.05) is 19.3 Å². The number of carbonyl (C=O) groups excluding carboxylic acids is 2. The predicted molar refractivity (Wildman–Crippen MR) is 95.9 cm³/mol. The van der Waals surface area contributed by atoms with Crippen LogP contribution in [0.5, 0.6) is 0 Å². The van der Waals surface area contributed by atoms with E-state index in [1.165, 1.54) is 5.56 Å². The van der Waals surface area contributed by atoms with Crippen molar-refractivity contribution >= 4 is 17.6 Å². The number of carbonyl (C=O) groups is 2. The molecule has 0 radical (unpaired) electrons. The number of rotatable bonds is 6. The van der Waals surface area contributed by atoms with Crippen LogP contribution >= 0.6 is 0 Å². The third kappa shape index (κ3) is 5.12. The highest BCUT2D eigenvalue weighted by molar-refractivity contribution is 5.89. The maximum absolute atomic E-state index is 12.0. The lowest BCUT2D eigenvalue weighted by atomic mass is 10.1. The molecule has 5 nitrogen and oxygen atoms in total. The van der Waals surface area contributed by atoms with Crippen LogP contribution in [0.4, 0.5) is 10.5 Å². The van der Waals surface area contributed by atoms with Crippen molar-refractivity contribution in [2.24, 2.45) is 0 Å². The summed E-state index contributed by atoms with van der Waals surface area (Å²) in [7, 11) is 1.61. The lowest BCUT2D eigenvalue weighted by Crippen LogP contribution is -2.28. The summed E-state index contributed by atoms with van der Waals surface area (Å²) in [4.78, 5) is 23.3. The Morgan fingerprint density at radius 3 is 2.25 bits per heavy atom. The lowest BCUT2D eigenvalue weighted by Gasteiger charge is -2.11. The second kappa shape index (κ2) is 8.72. The molecule has 126 valence electrons. The fourth-order valence-electron chi connectivity index (χ4n) is 2.41. The van der Waals surface area contributed by atoms with Crippen molar-refractivity contribution < 1.29 is 9.59 Å². The van der Waals surface area contributed by atoms with E-state index in [-0.39, 0.29) is 11.9 Å². The first-order chi connectivity index (χ1) is 11.6. The molecule has 0 aliphatic carbocycles. The molecule has 2 aromatic rings. The number of likely N-dealkylation sites (N-methyl/N-ethyl adjacent to an activating group) is 1. The van der Waals surface area contributed by atoms with Crippen molar-refractivity contribution in [3.05, 3.63) is 65.2 Å². The van der Waals surface area contributed by atoms with Crippen LogP contribution in [-0.2, 0) is 24.2 Å². The summed E-state index contributed by atoms with van der Waals surface area (Å²) < 4.78 is 0. The van der Waals surface area contributed by atoms with E-state index >= 15 is 0 Å². The average Bonchev–Trinajstić information content (AvgIpc) is 2.61. The van der Waals surface area contributed by atoms with Gasteiger partial charge in [-0.3, -0.25) is 4.79 Å². The zero-order valence-corrected chi connectivity index (χ0v) is 14.1. The summed E-state index contributed by atoms with van der Waals surface area (Å²) in [6, 6.07) is 15.1. The van der Waals surface area contributed by atoms with Gasteiger partial charge in [-0.2, -0.15) is 0 Å². The Morgan fingerprint density at radius 1 is 0.958 bits per heavy atom. The number of urea groups is 1. The summed E-state index contributed by atoms with van der Waals surface area (Å²) in [6.45, 7) is 2.59. The monoisotopic (exact) mass is 325 g/mol. The van der Waals surface area contributed by atoms with Crippen molar-refractivity contribution in [3.8, 4) is 0 Å². The first-order valence-electron chi connectivity index (χ1n) is 8.03. The molecule has 5 heteroatoms. The van der Waals surface area contributed by atoms with E-state index in [1.807, 2.05) is 30.3 Å². The molecule has 0 fully saturated rings. The largest absolute Gasteiger partial charge is 0.359 e. The summed E-state index contributed by atoms with van der Waals surface area (Å²) in [6.07, 6.45) is 1.27. The summed E-state index contributed by atoms with van der Waals surface area (Å²) >= 11 is 0. The maximum atomic E-state index is 12.0. The third-order valence-corrected chi connectivity index (χ3v) is 3.79. The molecule has 0 aliphatic heterocycles. The van der Waals surface area contributed by atoms with E-state index in [0.29, 0.717) is 18.7 Å². The van der Waals surface area contributed by atoms with Crippen LogP contribution in [0.2, 0.25) is 0 Å². The average molecular weight is 325 g/mol. The Bertz CT molecular complexity index is 696. The quantitative estimate of drug-likeness (QED) is 0.764. The van der Waals surface area contributed by atoms with Crippen LogP contribution in [0.1, 0.15) is 23.6 Å². The second-order valence-electron chi connectivity index (χ2n) is 5.48. The van der Waals surface area contributed by atoms with Gasteiger partial charge in [-0.25, -0.2) is 4.79 Å². The smallest absolute Gasteiger partial charge is 0.319 e. The van der Waals surface area contributed by atoms with Crippen molar-refractivity contribution in [2.45, 2.75) is 26.3 Å². The van der Waals surface area contributed by atoms with E-state index in [1.54, 1.807) is 19.2 Å². The van der Waals surface area contributed by atoms with Gasteiger partial charge in [-0.15, -0.1) is 0 Å². The molecule has 0 aromatic heterocycles. The van der Waals surface area contributed by atoms with E-state index in [0.717, 1.165) is 17.5 Å². The van der Waals surface area contributed by atoms with Gasteiger partial charge in [0.25, 0.3) is 0 Å². The van der Waals surface area contributed by atoms with Crippen LogP contribution in [0, 0.1) is 0 Å². The Kier molecular flexibility index (Phi) is 6.37. The Balaban J connectivity index is 1.87. The fourth-order valence-corrected chi connectivity index (χ4v) is 2.41. The van der Waals surface area contributed by atoms with Crippen LogP contribution in [-0.4, -0.2) is 19.0 Å². The van der Waals surface area contributed by atoms with E-state index in [2.05, 4.69) is 28.9 Å². The molecule has 3 amide bonds. The predicted octanol–water partition coefficient (Wildman–Crippen LogP) is 2.86. The molecular formula is C19H23N3O2. The number of benzene rings is 2. The van der Waals surface area contributed by atoms with Gasteiger partial charge in [0.05, 0.1) is 6.42 Å². The van der Waals surface area contributed by atoms with Crippen molar-refractivity contribution in [1.82, 2.24) is 10.6 Å². The number of aryl methyl sites for hydroxylation is 1. The SMILES string of the molecule is CCc1ccccc1CNC(=O)Nc1ccc(CC(=O)NC)cc1. The van der Waals surface area contributed by atoms with E-state index < -0.39 is 0 Å². The van der Waals surface area contributed by atoms with Gasteiger partial charge in [0.2, 0.25) is 5.91 Å². The topological polar surface area (TPSA) is 70.2 Å². The standard InChI is InChI=1S/C19H23N3O2/c1-3-15-6-4-5-7-16(15)13-21-19(24)22-17-10-8-14(9-11-17)12-18(23)20-2/h4-11H,3,12-13H2,1-2H3,(H,20,23)(H2,21,22,24). The zero-order valence-electron chi connectivity index (χ0n) is 14.1. The molecule has 0 saturated heterocycles. The highest BCUT2D eigenvalue weighted by Gasteiger charge is 2.05. The minimum absolute atomic E-state index is 0.0389. The van der Waals surface area contributed by atoms with Crippen molar-refractivity contribution in [2.75, 3.05) is 12.4 Å². The highest BCUT2D eigenvalue weighted by atomic mass is 16.2. The van der Waals surface area contributed by atoms with Gasteiger partial charge >= 0.3 is 6.03 Å². The molecule has 0 spiro atoms. The number of hydrogen-bond acceptors (Lipinski definition) is 2. The minimum atomic E-state index is -0.250. The number of hydrogen-bond donors (Lipinski definition) is 3. The first kappa shape index (κ1) is 17.5. The van der Waals surface area contributed by atoms with Gasteiger partial charge in [0.15, 0.2) is 0 Å². The summed E-state index contributed by atoms with van der Waals surface area (Å²) in [5, 5.41) is 8.24. The molecular weight excluding hydrogens is 302 g/mol. The minimum Gasteiger partial charge on any atom is -0.359 e. The second-order valence-corrected chi connectivity index (χ2v) is 5.48. The number of anilines is 1. The molecule has 0 unspecified atom stereocenters. The van der Waals surface area contributed by atoms with Crippen molar-refractivity contribution in [3.63, 3.8) is 0 Å². The highest BCUT2D eigenvalue weighted by Crippen LogP contribution is 2.11. The van der Waals surface area contributed by atoms with Gasteiger partial charge in [-0.1, -0.05) is 43.3 Å². The van der Waals surface area contributed by atoms with Gasteiger partial charge in [0.1, 0.15) is 0 Å². The lowest BCUT2D eigenvalue weighted by molar-refractivity contribution is -0.119. The normalized spacial score (nSPS) is 10.1. The molecule has 2 aromatic carbocycles. The van der Waals surface area contributed by atoms with Gasteiger partial charge in [-0.05, 0) is 35.2 Å². The molecule has 0 atom stereocenters. The van der Waals surface area contributed by atoms with Crippen LogP contribution in [0.3, 0.4) is 0 Å². The van der Waals surface area contributed by atoms with Crippen LogP contribution in [0.25, 0.3) is 0 Å². The molecule has 0 bridgehead atoms. The number of amides is 3. The Morgan fingerprint density at radius 2 is 1.62 bits per heavy atom. The number of nitrogens with one attached hydrogen (secondary N) is 3. The fraction of sp³-hybridized carbons (Fsp3) is 0.263. The molecule has 0 saturated carbocycles. The maximum Gasteiger partial charge on any atom is 0.319 e. The molecule has 24 heavy (non-hydrogen) atoms. The zero-order chi connectivity index (χ0) is 17.4. The Labute approximate surface area is 142 Å². The molecule has 2 rings (SSSR count). The molecule has 3 N–H and O–H groups in total. The van der Waals surface area contributed by atoms with E-state index in [4.69, 9.17) is 0 Å². The van der Waals surface area contributed by atoms with Crippen LogP contribution < -0.4 is 16.0 Å². The summed E-state index contributed by atoms with van der Waals surface area (Å²) in [5.41, 5.74) is 3.95.